The van der Waals surface area contributed by atoms with Crippen molar-refractivity contribution in [2.75, 3.05) is 20.3 Å². The molecule has 180 valence electrons. The number of halogens is 1. The van der Waals surface area contributed by atoms with E-state index in [0.717, 1.165) is 42.7 Å². The van der Waals surface area contributed by atoms with Crippen LogP contribution < -0.4 is 5.32 Å². The highest BCUT2D eigenvalue weighted by Gasteiger charge is 2.41. The number of carbonyl (C=O) groups is 1. The Morgan fingerprint density at radius 3 is 2.56 bits per heavy atom. The fourth-order valence-corrected chi connectivity index (χ4v) is 6.13. The number of ether oxygens (including phenoxy) is 1. The van der Waals surface area contributed by atoms with Crippen LogP contribution in [0.4, 0.5) is 4.39 Å². The first-order valence-electron chi connectivity index (χ1n) is 12.3. The molecule has 2 aliphatic rings. The number of benzene rings is 2. The Morgan fingerprint density at radius 1 is 1.12 bits per heavy atom. The Balaban J connectivity index is 1.29. The van der Waals surface area contributed by atoms with E-state index in [-0.39, 0.29) is 24.4 Å². The zero-order valence-corrected chi connectivity index (χ0v) is 19.9. The topological polar surface area (TPSA) is 59.4 Å². The summed E-state index contributed by atoms with van der Waals surface area (Å²) >= 11 is 0. The quantitative estimate of drug-likeness (QED) is 0.532. The maximum Gasteiger partial charge on any atom is 0.246 e. The molecule has 1 amide bonds. The molecule has 2 fully saturated rings. The number of nitrogens with one attached hydrogen (secondary N) is 1. The third-order valence-electron chi connectivity index (χ3n) is 7.56. The Labute approximate surface area is 200 Å². The molecule has 1 N–H and O–H groups in total. The molecule has 3 heterocycles. The van der Waals surface area contributed by atoms with Gasteiger partial charge in [-0.15, -0.1) is 0 Å². The van der Waals surface area contributed by atoms with Crippen LogP contribution in [0.5, 0.6) is 0 Å². The van der Waals surface area contributed by atoms with Gasteiger partial charge < -0.3 is 14.6 Å². The number of hydrogen-bond donors (Lipinski definition) is 1. The van der Waals surface area contributed by atoms with Crippen molar-refractivity contribution >= 4 is 16.9 Å². The van der Waals surface area contributed by atoms with E-state index >= 15 is 0 Å². The summed E-state index contributed by atoms with van der Waals surface area (Å²) in [5.74, 6) is 0.554. The number of fused-ring (bicyclic) bond motifs is 3. The molecule has 0 radical (unpaired) electrons. The number of piperidine rings is 1. The maximum absolute atomic E-state index is 14.3. The smallest absolute Gasteiger partial charge is 0.246 e. The molecule has 5 rings (SSSR count). The number of hydrogen-bond acceptors (Lipinski definition) is 4. The number of aryl methyl sites for hydroxylation is 1. The molecule has 7 heteroatoms. The van der Waals surface area contributed by atoms with Crippen LogP contribution in [0.1, 0.15) is 55.6 Å². The van der Waals surface area contributed by atoms with Crippen LogP contribution in [0.15, 0.2) is 48.5 Å². The number of amides is 1. The van der Waals surface area contributed by atoms with E-state index < -0.39 is 0 Å². The maximum atomic E-state index is 14.3. The van der Waals surface area contributed by atoms with Crippen LogP contribution in [-0.4, -0.2) is 52.7 Å². The number of carbonyl (C=O) groups excluding carboxylic acids is 1. The largest absolute Gasteiger partial charge is 0.375 e. The zero-order valence-electron chi connectivity index (χ0n) is 19.9. The molecule has 2 saturated heterocycles. The van der Waals surface area contributed by atoms with E-state index in [0.29, 0.717) is 23.6 Å². The Kier molecular flexibility index (Phi) is 6.66. The van der Waals surface area contributed by atoms with Crippen molar-refractivity contribution in [1.82, 2.24) is 19.8 Å². The average Bonchev–Trinajstić information content (AvgIpc) is 3.29. The van der Waals surface area contributed by atoms with E-state index in [9.17, 15) is 9.18 Å². The van der Waals surface area contributed by atoms with Gasteiger partial charge >= 0.3 is 0 Å². The highest BCUT2D eigenvalue weighted by Crippen LogP contribution is 2.42. The van der Waals surface area contributed by atoms with Gasteiger partial charge in [0.2, 0.25) is 5.91 Å². The third-order valence-corrected chi connectivity index (χ3v) is 7.56. The Morgan fingerprint density at radius 2 is 1.85 bits per heavy atom. The monoisotopic (exact) mass is 464 g/mol. The standard InChI is InChI=1S/C27H33FN4O2/c1-18-29-27-23(28)9-6-10-25(27)32(18)22-15-20-11-12-21(16-22)31(20)14-13-24(30-26(33)17-34-2)19-7-4-3-5-8-19/h3-10,20-22,24H,11-17H2,1-2H3,(H,30,33)/t20?,21?,22?,24-/m0/s1. The van der Waals surface area contributed by atoms with Gasteiger partial charge in [0, 0.05) is 31.8 Å². The first-order chi connectivity index (χ1) is 16.5. The van der Waals surface area contributed by atoms with Crippen molar-refractivity contribution < 1.29 is 13.9 Å². The molecule has 6 nitrogen and oxygen atoms in total. The van der Waals surface area contributed by atoms with Gasteiger partial charge in [-0.25, -0.2) is 9.37 Å². The predicted molar refractivity (Wildman–Crippen MR) is 130 cm³/mol. The number of nitrogens with zero attached hydrogens (tertiary/aromatic N) is 3. The Bertz CT molecular complexity index is 1130. The third kappa shape index (κ3) is 4.46. The molecule has 1 aromatic heterocycles. The molecular weight excluding hydrogens is 431 g/mol. The highest BCUT2D eigenvalue weighted by molar-refractivity contribution is 5.78. The second-order valence-electron chi connectivity index (χ2n) is 9.64. The van der Waals surface area contributed by atoms with Crippen LogP contribution in [0.2, 0.25) is 0 Å². The lowest BCUT2D eigenvalue weighted by Crippen LogP contribution is -2.45. The number of aromatic nitrogens is 2. The lowest BCUT2D eigenvalue weighted by atomic mass is 9.95. The summed E-state index contributed by atoms with van der Waals surface area (Å²) in [5.41, 5.74) is 2.50. The molecule has 2 bridgehead atoms. The predicted octanol–water partition coefficient (Wildman–Crippen LogP) is 4.55. The normalized spacial score (nSPS) is 23.3. The van der Waals surface area contributed by atoms with E-state index in [2.05, 4.69) is 31.9 Å². The summed E-state index contributed by atoms with van der Waals surface area (Å²) in [6, 6.07) is 16.7. The van der Waals surface area contributed by atoms with Gasteiger partial charge in [-0.05, 0) is 56.7 Å². The lowest BCUT2D eigenvalue weighted by molar-refractivity contribution is -0.125. The average molecular weight is 465 g/mol. The molecule has 2 aliphatic heterocycles. The van der Waals surface area contributed by atoms with Gasteiger partial charge in [0.1, 0.15) is 17.9 Å². The molecule has 3 atom stereocenters. The zero-order chi connectivity index (χ0) is 23.7. The van der Waals surface area contributed by atoms with Crippen molar-refractivity contribution in [2.45, 2.75) is 63.2 Å². The summed E-state index contributed by atoms with van der Waals surface area (Å²) in [6.45, 7) is 2.99. The van der Waals surface area contributed by atoms with Crippen LogP contribution in [0, 0.1) is 12.7 Å². The summed E-state index contributed by atoms with van der Waals surface area (Å²) in [7, 11) is 1.54. The molecule has 0 aliphatic carbocycles. The molecular formula is C27H33FN4O2. The second-order valence-corrected chi connectivity index (χ2v) is 9.64. The van der Waals surface area contributed by atoms with Crippen molar-refractivity contribution in [3.63, 3.8) is 0 Å². The fourth-order valence-electron chi connectivity index (χ4n) is 6.13. The second kappa shape index (κ2) is 9.84. The first-order valence-corrected chi connectivity index (χ1v) is 12.3. The highest BCUT2D eigenvalue weighted by atomic mass is 19.1. The number of para-hydroxylation sites is 1. The summed E-state index contributed by atoms with van der Waals surface area (Å²) in [4.78, 5) is 19.5. The fraction of sp³-hybridized carbons (Fsp3) is 0.481. The number of methoxy groups -OCH3 is 1. The van der Waals surface area contributed by atoms with Gasteiger partial charge in [-0.3, -0.25) is 9.69 Å². The van der Waals surface area contributed by atoms with Crippen molar-refractivity contribution in [3.05, 3.63) is 65.7 Å². The number of rotatable bonds is 8. The minimum atomic E-state index is -0.248. The van der Waals surface area contributed by atoms with E-state index in [1.807, 2.05) is 31.2 Å². The lowest BCUT2D eigenvalue weighted by Gasteiger charge is -2.40. The van der Waals surface area contributed by atoms with Crippen molar-refractivity contribution in [3.8, 4) is 0 Å². The van der Waals surface area contributed by atoms with Crippen molar-refractivity contribution in [1.29, 1.82) is 0 Å². The Hall–Kier alpha value is -2.77. The summed E-state index contributed by atoms with van der Waals surface area (Å²) < 4.78 is 21.6. The molecule has 0 saturated carbocycles. The van der Waals surface area contributed by atoms with Crippen LogP contribution >= 0.6 is 0 Å². The van der Waals surface area contributed by atoms with E-state index in [1.165, 1.54) is 18.9 Å². The minimum Gasteiger partial charge on any atom is -0.375 e. The SMILES string of the molecule is COCC(=O)N[C@@H](CCN1C2CCC1CC(n1c(C)nc3c(F)cccc31)C2)c1ccccc1. The van der Waals surface area contributed by atoms with E-state index in [4.69, 9.17) is 4.74 Å². The first kappa shape index (κ1) is 23.0. The molecule has 0 spiro atoms. The van der Waals surface area contributed by atoms with Crippen LogP contribution in [0.3, 0.4) is 0 Å². The van der Waals surface area contributed by atoms with Crippen molar-refractivity contribution in [2.24, 2.45) is 0 Å². The minimum absolute atomic E-state index is 0.0382. The molecule has 3 aromatic rings. The number of imidazole rings is 1. The van der Waals surface area contributed by atoms with Gasteiger partial charge in [0.05, 0.1) is 11.6 Å². The van der Waals surface area contributed by atoms with Gasteiger partial charge in [-0.1, -0.05) is 36.4 Å². The summed E-state index contributed by atoms with van der Waals surface area (Å²) in [5, 5.41) is 3.15. The van der Waals surface area contributed by atoms with Gasteiger partial charge in [0.15, 0.2) is 5.82 Å². The van der Waals surface area contributed by atoms with E-state index in [1.54, 1.807) is 13.2 Å². The van der Waals surface area contributed by atoms with Crippen LogP contribution in [0.25, 0.3) is 11.0 Å². The van der Waals surface area contributed by atoms with Gasteiger partial charge in [-0.2, -0.15) is 0 Å². The molecule has 2 unspecified atom stereocenters. The van der Waals surface area contributed by atoms with Gasteiger partial charge in [0.25, 0.3) is 0 Å². The summed E-state index contributed by atoms with van der Waals surface area (Å²) in [6.07, 6.45) is 5.33. The molecule has 34 heavy (non-hydrogen) atoms. The molecule has 2 aromatic carbocycles. The van der Waals surface area contributed by atoms with Crippen LogP contribution in [-0.2, 0) is 9.53 Å².